The standard InChI is InChI=1S/C21H20Cl2N2O3/c22-14-2-4-16(17(23)12-14)21(7-9-28-10-8-21)20(27)24-15-3-5-18-13(11-15)1-6-19(26)25-18/h2-5,11-12H,1,6-10H2,(H,24,27)(H,25,26). The van der Waals surface area contributed by atoms with E-state index in [0.29, 0.717) is 54.6 Å². The second-order valence-corrected chi connectivity index (χ2v) is 8.04. The molecule has 2 aliphatic heterocycles. The van der Waals surface area contributed by atoms with Crippen LogP contribution in [0.15, 0.2) is 36.4 Å². The minimum absolute atomic E-state index is 0.0165. The van der Waals surface area contributed by atoms with Gasteiger partial charge < -0.3 is 15.4 Å². The molecule has 0 radical (unpaired) electrons. The third-order valence-corrected chi connectivity index (χ3v) is 6.03. The first-order valence-corrected chi connectivity index (χ1v) is 10.0. The third kappa shape index (κ3) is 3.62. The molecule has 0 spiro atoms. The molecule has 4 rings (SSSR count). The Morgan fingerprint density at radius 3 is 2.61 bits per heavy atom. The topological polar surface area (TPSA) is 67.4 Å². The first kappa shape index (κ1) is 19.2. The third-order valence-electron chi connectivity index (χ3n) is 5.49. The van der Waals surface area contributed by atoms with E-state index in [1.165, 1.54) is 0 Å². The summed E-state index contributed by atoms with van der Waals surface area (Å²) >= 11 is 12.5. The quantitative estimate of drug-likeness (QED) is 0.766. The van der Waals surface area contributed by atoms with Crippen molar-refractivity contribution in [3.05, 3.63) is 57.6 Å². The molecular formula is C21H20Cl2N2O3. The molecule has 2 N–H and O–H groups in total. The molecule has 0 aromatic heterocycles. The Labute approximate surface area is 173 Å². The lowest BCUT2D eigenvalue weighted by molar-refractivity contribution is -0.125. The van der Waals surface area contributed by atoms with Crippen LogP contribution in [0.3, 0.4) is 0 Å². The maximum Gasteiger partial charge on any atom is 0.235 e. The largest absolute Gasteiger partial charge is 0.381 e. The molecule has 0 atom stereocenters. The number of benzene rings is 2. The van der Waals surface area contributed by atoms with Crippen LogP contribution in [0.1, 0.15) is 30.4 Å². The minimum Gasteiger partial charge on any atom is -0.381 e. The van der Waals surface area contributed by atoms with Crippen molar-refractivity contribution in [3.63, 3.8) is 0 Å². The summed E-state index contributed by atoms with van der Waals surface area (Å²) in [6.07, 6.45) is 2.20. The molecule has 0 unspecified atom stereocenters. The number of ether oxygens (including phenoxy) is 1. The second-order valence-electron chi connectivity index (χ2n) is 7.19. The number of carbonyl (C=O) groups is 2. The van der Waals surface area contributed by atoms with Crippen molar-refractivity contribution in [3.8, 4) is 0 Å². The molecule has 2 aliphatic rings. The Bertz CT molecular complexity index is 939. The number of halogens is 2. The van der Waals surface area contributed by atoms with Crippen LogP contribution in [-0.2, 0) is 26.2 Å². The van der Waals surface area contributed by atoms with Gasteiger partial charge in [0.25, 0.3) is 0 Å². The highest BCUT2D eigenvalue weighted by Crippen LogP contribution is 2.41. The maximum absolute atomic E-state index is 13.4. The zero-order valence-corrected chi connectivity index (χ0v) is 16.7. The summed E-state index contributed by atoms with van der Waals surface area (Å²) in [5, 5.41) is 6.93. The lowest BCUT2D eigenvalue weighted by atomic mass is 9.73. The van der Waals surface area contributed by atoms with E-state index in [9.17, 15) is 9.59 Å². The monoisotopic (exact) mass is 418 g/mol. The van der Waals surface area contributed by atoms with Gasteiger partial charge in [0, 0.05) is 41.1 Å². The van der Waals surface area contributed by atoms with Gasteiger partial charge in [-0.1, -0.05) is 29.3 Å². The van der Waals surface area contributed by atoms with Gasteiger partial charge in [0.05, 0.1) is 5.41 Å². The number of fused-ring (bicyclic) bond motifs is 1. The summed E-state index contributed by atoms with van der Waals surface area (Å²) < 4.78 is 5.51. The number of anilines is 2. The van der Waals surface area contributed by atoms with Crippen LogP contribution in [0, 0.1) is 0 Å². The molecule has 0 aliphatic carbocycles. The SMILES string of the molecule is O=C1CCc2cc(NC(=O)C3(c4ccc(Cl)cc4Cl)CCOCC3)ccc2N1. The number of hydrogen-bond donors (Lipinski definition) is 2. The molecule has 146 valence electrons. The number of amides is 2. The predicted octanol–water partition coefficient (Wildman–Crippen LogP) is 4.57. The smallest absolute Gasteiger partial charge is 0.235 e. The van der Waals surface area contributed by atoms with Crippen LogP contribution in [0.25, 0.3) is 0 Å². The van der Waals surface area contributed by atoms with E-state index < -0.39 is 5.41 Å². The normalized spacial score (nSPS) is 18.1. The Balaban J connectivity index is 1.64. The van der Waals surface area contributed by atoms with Gasteiger partial charge in [0.2, 0.25) is 11.8 Å². The van der Waals surface area contributed by atoms with Gasteiger partial charge in [-0.25, -0.2) is 0 Å². The highest BCUT2D eigenvalue weighted by molar-refractivity contribution is 6.35. The number of nitrogens with one attached hydrogen (secondary N) is 2. The average Bonchev–Trinajstić information content (AvgIpc) is 2.68. The van der Waals surface area contributed by atoms with Crippen molar-refractivity contribution < 1.29 is 14.3 Å². The summed E-state index contributed by atoms with van der Waals surface area (Å²) in [6, 6.07) is 10.8. The lowest BCUT2D eigenvalue weighted by Crippen LogP contribution is -2.45. The van der Waals surface area contributed by atoms with Gasteiger partial charge in [-0.2, -0.15) is 0 Å². The summed E-state index contributed by atoms with van der Waals surface area (Å²) in [7, 11) is 0. The highest BCUT2D eigenvalue weighted by atomic mass is 35.5. The molecule has 5 nitrogen and oxygen atoms in total. The molecule has 2 aromatic carbocycles. The summed E-state index contributed by atoms with van der Waals surface area (Å²) in [5.41, 5.74) is 2.52. The van der Waals surface area contributed by atoms with Crippen molar-refractivity contribution in [2.75, 3.05) is 23.8 Å². The lowest BCUT2D eigenvalue weighted by Gasteiger charge is -2.37. The number of aryl methyl sites for hydroxylation is 1. The Morgan fingerprint density at radius 2 is 1.86 bits per heavy atom. The van der Waals surface area contributed by atoms with Crippen LogP contribution >= 0.6 is 23.2 Å². The van der Waals surface area contributed by atoms with E-state index in [1.54, 1.807) is 18.2 Å². The zero-order chi connectivity index (χ0) is 19.7. The molecule has 0 saturated carbocycles. The molecular weight excluding hydrogens is 399 g/mol. The van der Waals surface area contributed by atoms with Crippen molar-refractivity contribution in [1.29, 1.82) is 0 Å². The summed E-state index contributed by atoms with van der Waals surface area (Å²) in [4.78, 5) is 25.0. The molecule has 0 bridgehead atoms. The average molecular weight is 419 g/mol. The van der Waals surface area contributed by atoms with Gasteiger partial charge >= 0.3 is 0 Å². The number of carbonyl (C=O) groups excluding carboxylic acids is 2. The summed E-state index contributed by atoms with van der Waals surface area (Å²) in [5.74, 6) is -0.0948. The fourth-order valence-corrected chi connectivity index (χ4v) is 4.52. The predicted molar refractivity (Wildman–Crippen MR) is 110 cm³/mol. The minimum atomic E-state index is -0.774. The van der Waals surface area contributed by atoms with E-state index in [-0.39, 0.29) is 11.8 Å². The Morgan fingerprint density at radius 1 is 1.07 bits per heavy atom. The number of rotatable bonds is 3. The first-order chi connectivity index (χ1) is 13.5. The van der Waals surface area contributed by atoms with E-state index in [2.05, 4.69) is 10.6 Å². The Kier molecular flexibility index (Phi) is 5.32. The fourth-order valence-electron chi connectivity index (χ4n) is 3.93. The van der Waals surface area contributed by atoms with E-state index in [4.69, 9.17) is 27.9 Å². The van der Waals surface area contributed by atoms with Crippen LogP contribution in [0.2, 0.25) is 10.0 Å². The van der Waals surface area contributed by atoms with Gasteiger partial charge in [0.15, 0.2) is 0 Å². The van der Waals surface area contributed by atoms with Gasteiger partial charge in [-0.15, -0.1) is 0 Å². The molecule has 2 aromatic rings. The molecule has 2 heterocycles. The fraction of sp³-hybridized carbons (Fsp3) is 0.333. The first-order valence-electron chi connectivity index (χ1n) is 9.25. The highest BCUT2D eigenvalue weighted by Gasteiger charge is 2.43. The van der Waals surface area contributed by atoms with Gasteiger partial charge in [0.1, 0.15) is 0 Å². The van der Waals surface area contributed by atoms with E-state index >= 15 is 0 Å². The van der Waals surface area contributed by atoms with Crippen molar-refractivity contribution in [1.82, 2.24) is 0 Å². The van der Waals surface area contributed by atoms with Crippen LogP contribution in [0.5, 0.6) is 0 Å². The second kappa shape index (κ2) is 7.74. The van der Waals surface area contributed by atoms with Gasteiger partial charge in [-0.05, 0) is 60.7 Å². The van der Waals surface area contributed by atoms with Crippen LogP contribution in [-0.4, -0.2) is 25.0 Å². The van der Waals surface area contributed by atoms with Crippen molar-refractivity contribution in [2.45, 2.75) is 31.1 Å². The van der Waals surface area contributed by atoms with Crippen molar-refractivity contribution >= 4 is 46.4 Å². The molecule has 1 fully saturated rings. The summed E-state index contributed by atoms with van der Waals surface area (Å²) in [6.45, 7) is 0.977. The molecule has 28 heavy (non-hydrogen) atoms. The Hall–Kier alpha value is -2.08. The molecule has 2 amide bonds. The maximum atomic E-state index is 13.4. The zero-order valence-electron chi connectivity index (χ0n) is 15.2. The number of hydrogen-bond acceptors (Lipinski definition) is 3. The molecule has 1 saturated heterocycles. The van der Waals surface area contributed by atoms with Gasteiger partial charge in [-0.3, -0.25) is 9.59 Å². The van der Waals surface area contributed by atoms with Crippen LogP contribution < -0.4 is 10.6 Å². The van der Waals surface area contributed by atoms with Crippen LogP contribution in [0.4, 0.5) is 11.4 Å². The molecule has 7 heteroatoms. The van der Waals surface area contributed by atoms with E-state index in [1.807, 2.05) is 18.2 Å². The van der Waals surface area contributed by atoms with Crippen molar-refractivity contribution in [2.24, 2.45) is 0 Å². The van der Waals surface area contributed by atoms with E-state index in [0.717, 1.165) is 16.8 Å².